The van der Waals surface area contributed by atoms with Crippen molar-refractivity contribution in [1.82, 2.24) is 19.7 Å². The Morgan fingerprint density at radius 3 is 3.16 bits per heavy atom. The Morgan fingerprint density at radius 2 is 2.36 bits per heavy atom. The molecular weight excluding hydrogens is 336 g/mol. The number of hydrogen-bond donors (Lipinski definition) is 0. The van der Waals surface area contributed by atoms with E-state index in [1.165, 1.54) is 10.4 Å². The topological polar surface area (TPSA) is 60.2 Å². The Bertz CT molecular complexity index is 756. The van der Waals surface area contributed by atoms with E-state index in [-0.39, 0.29) is 23.8 Å². The van der Waals surface area contributed by atoms with E-state index in [0.717, 1.165) is 38.2 Å². The number of fused-ring (bicyclic) bond motifs is 1. The van der Waals surface area contributed by atoms with Gasteiger partial charge in [-0.3, -0.25) is 4.79 Å². The van der Waals surface area contributed by atoms with Crippen molar-refractivity contribution in [2.24, 2.45) is 13.0 Å². The van der Waals surface area contributed by atoms with Crippen molar-refractivity contribution < 1.29 is 9.53 Å². The van der Waals surface area contributed by atoms with E-state index < -0.39 is 0 Å². The number of nitrogens with zero attached hydrogens (tertiary/aromatic N) is 4. The van der Waals surface area contributed by atoms with E-state index in [0.29, 0.717) is 6.61 Å². The van der Waals surface area contributed by atoms with Crippen LogP contribution in [0.5, 0.6) is 0 Å². The van der Waals surface area contributed by atoms with Gasteiger partial charge in [0.2, 0.25) is 5.91 Å². The molecule has 2 aliphatic rings. The Labute approximate surface area is 151 Å². The molecular formula is C18H24N4O2S. The van der Waals surface area contributed by atoms with Crippen LogP contribution in [0.25, 0.3) is 0 Å². The van der Waals surface area contributed by atoms with Gasteiger partial charge in [0.25, 0.3) is 0 Å². The van der Waals surface area contributed by atoms with Gasteiger partial charge in [0, 0.05) is 37.4 Å². The van der Waals surface area contributed by atoms with Gasteiger partial charge in [-0.2, -0.15) is 0 Å². The van der Waals surface area contributed by atoms with Crippen LogP contribution in [-0.4, -0.2) is 45.3 Å². The van der Waals surface area contributed by atoms with Crippen molar-refractivity contribution in [2.45, 2.75) is 38.2 Å². The summed E-state index contributed by atoms with van der Waals surface area (Å²) in [4.78, 5) is 16.5. The van der Waals surface area contributed by atoms with E-state index in [9.17, 15) is 4.79 Å². The summed E-state index contributed by atoms with van der Waals surface area (Å²) < 4.78 is 7.95. The second-order valence-electron chi connectivity index (χ2n) is 7.05. The largest absolute Gasteiger partial charge is 0.372 e. The molecule has 1 saturated heterocycles. The fourth-order valence-corrected chi connectivity index (χ4v) is 4.96. The molecule has 3 atom stereocenters. The molecule has 0 aromatic carbocycles. The molecule has 0 bridgehead atoms. The second kappa shape index (κ2) is 6.88. The van der Waals surface area contributed by atoms with Crippen LogP contribution in [-0.2, 0) is 23.0 Å². The summed E-state index contributed by atoms with van der Waals surface area (Å²) in [5.74, 6) is 1.27. The highest BCUT2D eigenvalue weighted by molar-refractivity contribution is 7.10. The first-order valence-electron chi connectivity index (χ1n) is 8.95. The number of aryl methyl sites for hydroxylation is 1. The summed E-state index contributed by atoms with van der Waals surface area (Å²) in [6.07, 6.45) is 4.64. The molecule has 134 valence electrons. The van der Waals surface area contributed by atoms with Crippen LogP contribution in [0, 0.1) is 5.92 Å². The molecule has 2 aromatic rings. The highest BCUT2D eigenvalue weighted by Crippen LogP contribution is 2.37. The predicted octanol–water partition coefficient (Wildman–Crippen LogP) is 2.53. The summed E-state index contributed by atoms with van der Waals surface area (Å²) in [5.41, 5.74) is 1.21. The average Bonchev–Trinajstić information content (AvgIpc) is 3.29. The van der Waals surface area contributed by atoms with Gasteiger partial charge in [0.1, 0.15) is 12.2 Å². The standard InChI is InChI=1S/C18H24N4O2S/c1-12(16-14-6-9-25-15(14)5-8-24-16)18(23)22-7-3-4-13(10-22)17-20-19-11-21(17)2/h6,9,11-13,16H,3-5,7-8,10H2,1-2H3. The molecule has 0 spiro atoms. The van der Waals surface area contributed by atoms with Crippen LogP contribution < -0.4 is 0 Å². The highest BCUT2D eigenvalue weighted by atomic mass is 32.1. The molecule has 1 amide bonds. The molecule has 1 fully saturated rings. The van der Waals surface area contributed by atoms with E-state index in [1.807, 2.05) is 23.4 Å². The van der Waals surface area contributed by atoms with Gasteiger partial charge in [-0.25, -0.2) is 0 Å². The minimum absolute atomic E-state index is 0.113. The fourth-order valence-electron chi connectivity index (χ4n) is 4.06. The normalized spacial score (nSPS) is 24.8. The van der Waals surface area contributed by atoms with Crippen molar-refractivity contribution in [3.63, 3.8) is 0 Å². The van der Waals surface area contributed by atoms with Gasteiger partial charge in [0.05, 0.1) is 18.6 Å². The summed E-state index contributed by atoms with van der Waals surface area (Å²) in [7, 11) is 1.96. The average molecular weight is 360 g/mol. The number of ether oxygens (including phenoxy) is 1. The van der Waals surface area contributed by atoms with Gasteiger partial charge in [-0.05, 0) is 29.9 Å². The van der Waals surface area contributed by atoms with Crippen LogP contribution in [0.15, 0.2) is 17.8 Å². The maximum absolute atomic E-state index is 13.1. The third kappa shape index (κ3) is 3.11. The Morgan fingerprint density at radius 1 is 1.48 bits per heavy atom. The lowest BCUT2D eigenvalue weighted by atomic mass is 9.91. The van der Waals surface area contributed by atoms with Gasteiger partial charge in [-0.15, -0.1) is 21.5 Å². The van der Waals surface area contributed by atoms with Crippen LogP contribution in [0.2, 0.25) is 0 Å². The number of piperidine rings is 1. The lowest BCUT2D eigenvalue weighted by Gasteiger charge is -2.36. The van der Waals surface area contributed by atoms with Gasteiger partial charge < -0.3 is 14.2 Å². The van der Waals surface area contributed by atoms with E-state index >= 15 is 0 Å². The number of carbonyl (C=O) groups is 1. The molecule has 7 heteroatoms. The molecule has 25 heavy (non-hydrogen) atoms. The van der Waals surface area contributed by atoms with Crippen molar-refractivity contribution in [3.05, 3.63) is 34.0 Å². The Kier molecular flexibility index (Phi) is 4.60. The third-order valence-corrected chi connectivity index (χ3v) is 6.40. The lowest BCUT2D eigenvalue weighted by Crippen LogP contribution is -2.44. The van der Waals surface area contributed by atoms with Gasteiger partial charge in [-0.1, -0.05) is 6.92 Å². The molecule has 0 aliphatic carbocycles. The number of likely N-dealkylation sites (tertiary alicyclic amines) is 1. The van der Waals surface area contributed by atoms with Crippen molar-refractivity contribution in [1.29, 1.82) is 0 Å². The molecule has 0 radical (unpaired) electrons. The van der Waals surface area contributed by atoms with Crippen LogP contribution in [0.3, 0.4) is 0 Å². The summed E-state index contributed by atoms with van der Waals surface area (Å²) in [6, 6.07) is 2.12. The maximum atomic E-state index is 13.1. The first-order valence-corrected chi connectivity index (χ1v) is 9.83. The molecule has 4 rings (SSSR count). The van der Waals surface area contributed by atoms with E-state index in [1.54, 1.807) is 17.7 Å². The Balaban J connectivity index is 1.48. The lowest BCUT2D eigenvalue weighted by molar-refractivity contribution is -0.142. The molecule has 4 heterocycles. The second-order valence-corrected chi connectivity index (χ2v) is 8.05. The number of aromatic nitrogens is 3. The first kappa shape index (κ1) is 16.7. The first-order chi connectivity index (χ1) is 12.1. The molecule has 2 aromatic heterocycles. The van der Waals surface area contributed by atoms with Gasteiger partial charge in [0.15, 0.2) is 0 Å². The summed E-state index contributed by atoms with van der Waals surface area (Å²) in [5, 5.41) is 10.3. The van der Waals surface area contributed by atoms with E-state index in [4.69, 9.17) is 4.74 Å². The van der Waals surface area contributed by atoms with Gasteiger partial charge >= 0.3 is 0 Å². The quantitative estimate of drug-likeness (QED) is 0.844. The molecule has 3 unspecified atom stereocenters. The smallest absolute Gasteiger partial charge is 0.228 e. The third-order valence-electron chi connectivity index (χ3n) is 5.40. The maximum Gasteiger partial charge on any atom is 0.228 e. The minimum atomic E-state index is -0.160. The van der Waals surface area contributed by atoms with E-state index in [2.05, 4.69) is 21.6 Å². The number of carbonyl (C=O) groups excluding carboxylic acids is 1. The molecule has 2 aliphatic heterocycles. The zero-order valence-corrected chi connectivity index (χ0v) is 15.5. The summed E-state index contributed by atoms with van der Waals surface area (Å²) in [6.45, 7) is 4.25. The number of hydrogen-bond acceptors (Lipinski definition) is 5. The summed E-state index contributed by atoms with van der Waals surface area (Å²) >= 11 is 1.77. The molecule has 6 nitrogen and oxygen atoms in total. The number of rotatable bonds is 3. The van der Waals surface area contributed by atoms with Crippen LogP contribution in [0.1, 0.15) is 48.1 Å². The molecule has 0 saturated carbocycles. The Hall–Kier alpha value is -1.73. The number of amides is 1. The van der Waals surface area contributed by atoms with Crippen LogP contribution in [0.4, 0.5) is 0 Å². The molecule has 0 N–H and O–H groups in total. The van der Waals surface area contributed by atoms with Crippen molar-refractivity contribution in [2.75, 3.05) is 19.7 Å². The SMILES string of the molecule is CC(C(=O)N1CCCC(c2nncn2C)C1)C1OCCc2sccc21. The predicted molar refractivity (Wildman–Crippen MR) is 95.4 cm³/mol. The monoisotopic (exact) mass is 360 g/mol. The van der Waals surface area contributed by atoms with Crippen molar-refractivity contribution in [3.8, 4) is 0 Å². The minimum Gasteiger partial charge on any atom is -0.372 e. The van der Waals surface area contributed by atoms with Crippen molar-refractivity contribution >= 4 is 17.2 Å². The zero-order valence-electron chi connectivity index (χ0n) is 14.7. The zero-order chi connectivity index (χ0) is 17.4. The number of thiophene rings is 1. The highest BCUT2D eigenvalue weighted by Gasteiger charge is 2.36. The van der Waals surface area contributed by atoms with Crippen LogP contribution >= 0.6 is 11.3 Å². The fraction of sp³-hybridized carbons (Fsp3) is 0.611.